The Bertz CT molecular complexity index is 267. The zero-order chi connectivity index (χ0) is 10.8. The Morgan fingerprint density at radius 2 is 1.50 bits per heavy atom. The number of rotatable bonds is 3. The Balaban J connectivity index is 1.65. The van der Waals surface area contributed by atoms with E-state index in [2.05, 4.69) is 5.32 Å². The van der Waals surface area contributed by atoms with Crippen LogP contribution in [0.5, 0.6) is 0 Å². The Morgan fingerprint density at radius 3 is 1.94 bits per heavy atom. The largest absolute Gasteiger partial charge is 0.329 e. The van der Waals surface area contributed by atoms with Crippen LogP contribution < -0.4 is 11.1 Å². The van der Waals surface area contributed by atoms with Gasteiger partial charge in [-0.1, -0.05) is 0 Å². The van der Waals surface area contributed by atoms with Gasteiger partial charge in [-0.05, 0) is 68.6 Å². The molecule has 4 bridgehead atoms. The summed E-state index contributed by atoms with van der Waals surface area (Å²) in [7, 11) is 0. The molecular formula is C14H24N2. The van der Waals surface area contributed by atoms with Gasteiger partial charge in [0.25, 0.3) is 0 Å². The molecule has 0 spiro atoms. The third-order valence-electron chi connectivity index (χ3n) is 5.98. The lowest BCUT2D eigenvalue weighted by Gasteiger charge is -2.61. The first-order valence-corrected chi connectivity index (χ1v) is 7.28. The Hall–Kier alpha value is -0.0800. The molecule has 2 heteroatoms. The van der Waals surface area contributed by atoms with Gasteiger partial charge in [-0.2, -0.15) is 0 Å². The van der Waals surface area contributed by atoms with Crippen molar-refractivity contribution < 1.29 is 0 Å². The predicted molar refractivity (Wildman–Crippen MR) is 65.0 cm³/mol. The maximum absolute atomic E-state index is 6.20. The maximum Gasteiger partial charge on any atom is 0.0363 e. The van der Waals surface area contributed by atoms with Crippen LogP contribution in [0.25, 0.3) is 0 Å². The van der Waals surface area contributed by atoms with Crippen molar-refractivity contribution in [2.45, 2.75) is 56.5 Å². The lowest BCUT2D eigenvalue weighted by Crippen LogP contribution is -2.68. The highest BCUT2D eigenvalue weighted by Crippen LogP contribution is 2.58. The number of nitrogens with two attached hydrogens (primary N) is 1. The Morgan fingerprint density at radius 1 is 0.938 bits per heavy atom. The monoisotopic (exact) mass is 220 g/mol. The summed E-state index contributed by atoms with van der Waals surface area (Å²) in [5.41, 5.74) is 6.56. The van der Waals surface area contributed by atoms with Gasteiger partial charge in [0.2, 0.25) is 0 Å². The van der Waals surface area contributed by atoms with Gasteiger partial charge < -0.3 is 11.1 Å². The summed E-state index contributed by atoms with van der Waals surface area (Å²) in [6.45, 7) is 0.887. The van der Waals surface area contributed by atoms with Gasteiger partial charge in [0.1, 0.15) is 0 Å². The van der Waals surface area contributed by atoms with E-state index in [0.717, 1.165) is 36.3 Å². The summed E-state index contributed by atoms with van der Waals surface area (Å²) >= 11 is 0. The average Bonchev–Trinajstić information content (AvgIpc) is 3.06. The molecule has 0 saturated heterocycles. The molecule has 5 aliphatic rings. The lowest BCUT2D eigenvalue weighted by atomic mass is 9.48. The van der Waals surface area contributed by atoms with Crippen LogP contribution >= 0.6 is 0 Å². The molecular weight excluding hydrogens is 196 g/mol. The van der Waals surface area contributed by atoms with Crippen LogP contribution in [0, 0.1) is 23.7 Å². The van der Waals surface area contributed by atoms with Crippen molar-refractivity contribution in [1.29, 1.82) is 0 Å². The van der Waals surface area contributed by atoms with Crippen LogP contribution in [-0.4, -0.2) is 18.1 Å². The molecule has 0 heterocycles. The molecule has 0 aromatic rings. The van der Waals surface area contributed by atoms with E-state index in [1.54, 1.807) is 0 Å². The van der Waals surface area contributed by atoms with E-state index in [9.17, 15) is 0 Å². The first-order valence-electron chi connectivity index (χ1n) is 7.28. The maximum atomic E-state index is 6.20. The first kappa shape index (κ1) is 9.90. The second kappa shape index (κ2) is 3.23. The lowest BCUT2D eigenvalue weighted by molar-refractivity contribution is -0.0700. The topological polar surface area (TPSA) is 38.0 Å². The van der Waals surface area contributed by atoms with Gasteiger partial charge in [-0.3, -0.25) is 0 Å². The predicted octanol–water partition coefficient (Wildman–Crippen LogP) is 1.89. The molecule has 0 unspecified atom stereocenters. The molecule has 90 valence electrons. The number of hydrogen-bond acceptors (Lipinski definition) is 2. The van der Waals surface area contributed by atoms with Crippen molar-refractivity contribution in [3.8, 4) is 0 Å². The molecule has 0 atom stereocenters. The fourth-order valence-electron chi connectivity index (χ4n) is 5.26. The van der Waals surface area contributed by atoms with Crippen LogP contribution in [0.1, 0.15) is 44.9 Å². The Labute approximate surface area is 98.3 Å². The van der Waals surface area contributed by atoms with Crippen molar-refractivity contribution in [3.05, 3.63) is 0 Å². The molecule has 0 amide bonds. The zero-order valence-electron chi connectivity index (χ0n) is 10.1. The van der Waals surface area contributed by atoms with E-state index in [1.165, 1.54) is 44.9 Å². The minimum atomic E-state index is 0.356. The van der Waals surface area contributed by atoms with Crippen LogP contribution in [0.15, 0.2) is 0 Å². The SMILES string of the molecule is NCC1(NC2CC2)C2CC3CC(C2)CC1C3. The molecule has 0 aliphatic heterocycles. The third kappa shape index (κ3) is 1.26. The summed E-state index contributed by atoms with van der Waals surface area (Å²) in [4.78, 5) is 0. The molecule has 0 aromatic carbocycles. The molecule has 0 radical (unpaired) electrons. The van der Waals surface area contributed by atoms with Crippen LogP contribution in [0.2, 0.25) is 0 Å². The minimum absolute atomic E-state index is 0.356. The highest BCUT2D eigenvalue weighted by molar-refractivity contribution is 5.13. The summed E-state index contributed by atoms with van der Waals surface area (Å²) < 4.78 is 0. The van der Waals surface area contributed by atoms with E-state index in [4.69, 9.17) is 5.73 Å². The molecule has 5 saturated carbocycles. The molecule has 5 fully saturated rings. The van der Waals surface area contributed by atoms with Gasteiger partial charge in [0.15, 0.2) is 0 Å². The summed E-state index contributed by atoms with van der Waals surface area (Å²) in [5.74, 6) is 3.94. The number of hydrogen-bond donors (Lipinski definition) is 2. The van der Waals surface area contributed by atoms with Crippen molar-refractivity contribution in [2.75, 3.05) is 6.54 Å². The first-order chi connectivity index (χ1) is 7.80. The molecule has 3 N–H and O–H groups in total. The quantitative estimate of drug-likeness (QED) is 0.762. The van der Waals surface area contributed by atoms with Crippen LogP contribution in [0.4, 0.5) is 0 Å². The molecule has 5 rings (SSSR count). The van der Waals surface area contributed by atoms with Gasteiger partial charge in [0.05, 0.1) is 0 Å². The zero-order valence-corrected chi connectivity index (χ0v) is 10.1. The van der Waals surface area contributed by atoms with Crippen molar-refractivity contribution >= 4 is 0 Å². The summed E-state index contributed by atoms with van der Waals surface area (Å²) in [6.07, 6.45) is 10.2. The minimum Gasteiger partial charge on any atom is -0.329 e. The Kier molecular flexibility index (Phi) is 2.00. The molecule has 0 aromatic heterocycles. The standard InChI is InChI=1S/C14H24N2/c15-8-14(16-13-1-2-13)11-4-9-3-10(6-11)7-12(14)5-9/h9-13,16H,1-8,15H2. The van der Waals surface area contributed by atoms with Crippen LogP contribution in [-0.2, 0) is 0 Å². The second-order valence-electron chi connectivity index (χ2n) is 6.97. The van der Waals surface area contributed by atoms with E-state index >= 15 is 0 Å². The van der Waals surface area contributed by atoms with Crippen molar-refractivity contribution in [2.24, 2.45) is 29.4 Å². The fraction of sp³-hybridized carbons (Fsp3) is 1.00. The van der Waals surface area contributed by atoms with Gasteiger partial charge in [0, 0.05) is 18.1 Å². The fourth-order valence-corrected chi connectivity index (χ4v) is 5.26. The smallest absolute Gasteiger partial charge is 0.0363 e. The van der Waals surface area contributed by atoms with E-state index in [1.807, 2.05) is 0 Å². The van der Waals surface area contributed by atoms with Crippen molar-refractivity contribution in [3.63, 3.8) is 0 Å². The third-order valence-corrected chi connectivity index (χ3v) is 5.98. The van der Waals surface area contributed by atoms with Crippen LogP contribution in [0.3, 0.4) is 0 Å². The highest BCUT2D eigenvalue weighted by atomic mass is 15.1. The van der Waals surface area contributed by atoms with Gasteiger partial charge >= 0.3 is 0 Å². The van der Waals surface area contributed by atoms with Gasteiger partial charge in [-0.15, -0.1) is 0 Å². The average molecular weight is 220 g/mol. The summed E-state index contributed by atoms with van der Waals surface area (Å²) in [6, 6.07) is 0.820. The number of nitrogens with one attached hydrogen (secondary N) is 1. The van der Waals surface area contributed by atoms with E-state index in [-0.39, 0.29) is 0 Å². The van der Waals surface area contributed by atoms with E-state index < -0.39 is 0 Å². The molecule has 16 heavy (non-hydrogen) atoms. The van der Waals surface area contributed by atoms with Crippen molar-refractivity contribution in [1.82, 2.24) is 5.32 Å². The highest BCUT2D eigenvalue weighted by Gasteiger charge is 2.57. The summed E-state index contributed by atoms with van der Waals surface area (Å²) in [5, 5.41) is 3.97. The molecule has 2 nitrogen and oxygen atoms in total. The molecule has 5 aliphatic carbocycles. The normalized spacial score (nSPS) is 54.6. The van der Waals surface area contributed by atoms with E-state index in [0.29, 0.717) is 5.54 Å². The van der Waals surface area contributed by atoms with Gasteiger partial charge in [-0.25, -0.2) is 0 Å². The second-order valence-corrected chi connectivity index (χ2v) is 6.97.